The Morgan fingerprint density at radius 2 is 2.00 bits per heavy atom. The van der Waals surface area contributed by atoms with E-state index in [1.54, 1.807) is 0 Å². The first-order valence-corrected chi connectivity index (χ1v) is 9.71. The first kappa shape index (κ1) is 16.6. The average Bonchev–Trinajstić information content (AvgIpc) is 3.06. The van der Waals surface area contributed by atoms with Gasteiger partial charge in [0.05, 0.1) is 6.04 Å². The number of piperidine rings is 1. The van der Waals surface area contributed by atoms with Crippen LogP contribution in [-0.2, 0) is 4.79 Å². The zero-order valence-electron chi connectivity index (χ0n) is 15.1. The van der Waals surface area contributed by atoms with Gasteiger partial charge >= 0.3 is 0 Å². The summed E-state index contributed by atoms with van der Waals surface area (Å²) >= 11 is 0. The van der Waals surface area contributed by atoms with Gasteiger partial charge in [-0.25, -0.2) is 0 Å². The highest BCUT2D eigenvalue weighted by Crippen LogP contribution is 2.38. The molecule has 1 aromatic heterocycles. The van der Waals surface area contributed by atoms with Crippen LogP contribution in [0.15, 0.2) is 42.6 Å². The highest BCUT2D eigenvalue weighted by Gasteiger charge is 2.32. The summed E-state index contributed by atoms with van der Waals surface area (Å²) in [6, 6.07) is 9.44. The van der Waals surface area contributed by atoms with Gasteiger partial charge in [-0.2, -0.15) is 0 Å². The number of rotatable bonds is 3. The third-order valence-electron chi connectivity index (χ3n) is 6.23. The van der Waals surface area contributed by atoms with Crippen molar-refractivity contribution >= 4 is 16.7 Å². The second kappa shape index (κ2) is 6.80. The van der Waals surface area contributed by atoms with E-state index in [0.717, 1.165) is 31.5 Å². The van der Waals surface area contributed by atoms with E-state index in [2.05, 4.69) is 53.8 Å². The van der Waals surface area contributed by atoms with Gasteiger partial charge in [0.2, 0.25) is 0 Å². The molecule has 0 amide bonds. The quantitative estimate of drug-likeness (QED) is 0.832. The molecule has 25 heavy (non-hydrogen) atoms. The Morgan fingerprint density at radius 1 is 1.20 bits per heavy atom. The number of carbonyl (C=O) groups is 1. The Labute approximate surface area is 150 Å². The molecule has 2 aliphatic rings. The first-order valence-electron chi connectivity index (χ1n) is 9.71. The number of nitrogens with zero attached hydrogens (tertiary/aromatic N) is 1. The maximum absolute atomic E-state index is 12.2. The smallest absolute Gasteiger partial charge is 0.140 e. The molecule has 1 aliphatic heterocycles. The minimum atomic E-state index is 0.0326. The lowest BCUT2D eigenvalue weighted by Gasteiger charge is -2.32. The van der Waals surface area contributed by atoms with Gasteiger partial charge in [0.15, 0.2) is 0 Å². The molecule has 2 aromatic rings. The van der Waals surface area contributed by atoms with E-state index in [-0.39, 0.29) is 12.0 Å². The van der Waals surface area contributed by atoms with Crippen molar-refractivity contribution in [2.45, 2.75) is 51.0 Å². The number of benzene rings is 1. The maximum atomic E-state index is 12.2. The van der Waals surface area contributed by atoms with Crippen molar-refractivity contribution in [1.29, 1.82) is 0 Å². The number of aromatic nitrogens is 1. The molecule has 2 heterocycles. The van der Waals surface area contributed by atoms with Crippen molar-refractivity contribution in [2.75, 3.05) is 13.1 Å². The molecule has 1 saturated heterocycles. The lowest BCUT2D eigenvalue weighted by atomic mass is 9.79. The molecular formula is C22H28N2O. The van der Waals surface area contributed by atoms with Crippen molar-refractivity contribution in [1.82, 2.24) is 9.88 Å². The molecule has 2 fully saturated rings. The largest absolute Gasteiger partial charge is 0.340 e. The summed E-state index contributed by atoms with van der Waals surface area (Å²) in [6.45, 7) is 8.64. The second-order valence-corrected chi connectivity index (χ2v) is 7.62. The Morgan fingerprint density at radius 3 is 2.76 bits per heavy atom. The van der Waals surface area contributed by atoms with Gasteiger partial charge in [-0.15, -0.1) is 0 Å². The number of Topliss-reactive ketones (excluding diaryl/α,β-unsaturated/α-hetero) is 1. The number of fused-ring (bicyclic) bond motifs is 1. The lowest BCUT2D eigenvalue weighted by molar-refractivity contribution is -0.123. The van der Waals surface area contributed by atoms with Crippen LogP contribution in [0.25, 0.3) is 10.9 Å². The van der Waals surface area contributed by atoms with Crippen LogP contribution in [0.5, 0.6) is 0 Å². The fraction of sp³-hybridized carbons (Fsp3) is 0.500. The topological polar surface area (TPSA) is 34.0 Å². The molecule has 1 aromatic carbocycles. The van der Waals surface area contributed by atoms with E-state index in [9.17, 15) is 4.79 Å². The number of carbonyl (C=O) groups excluding carboxylic acids is 1. The molecule has 0 radical (unpaired) electrons. The molecule has 132 valence electrons. The Bertz CT molecular complexity index is 797. The maximum Gasteiger partial charge on any atom is 0.140 e. The molecule has 2 atom stereocenters. The summed E-state index contributed by atoms with van der Waals surface area (Å²) < 4.78 is 2.35. The van der Waals surface area contributed by atoms with E-state index in [1.807, 2.05) is 0 Å². The summed E-state index contributed by atoms with van der Waals surface area (Å²) in [6.07, 6.45) is 7.07. The highest BCUT2D eigenvalue weighted by atomic mass is 16.1. The van der Waals surface area contributed by atoms with Gasteiger partial charge in [-0.1, -0.05) is 19.6 Å². The van der Waals surface area contributed by atoms with Gasteiger partial charge in [-0.05, 0) is 79.4 Å². The van der Waals surface area contributed by atoms with Gasteiger partial charge in [0.25, 0.3) is 0 Å². The summed E-state index contributed by atoms with van der Waals surface area (Å²) in [4.78, 5) is 12.2. The molecule has 1 N–H and O–H groups in total. The van der Waals surface area contributed by atoms with Gasteiger partial charge in [-0.3, -0.25) is 4.79 Å². The molecule has 1 aliphatic carbocycles. The Balaban J connectivity index is 1.65. The third kappa shape index (κ3) is 2.95. The monoisotopic (exact) mass is 336 g/mol. The van der Waals surface area contributed by atoms with Crippen LogP contribution in [-0.4, -0.2) is 23.4 Å². The predicted molar refractivity (Wildman–Crippen MR) is 103 cm³/mol. The summed E-state index contributed by atoms with van der Waals surface area (Å²) in [5.74, 6) is 1.08. The minimum absolute atomic E-state index is 0.0326. The van der Waals surface area contributed by atoms with Crippen LogP contribution in [0.1, 0.15) is 56.6 Å². The van der Waals surface area contributed by atoms with Gasteiger partial charge in [0, 0.05) is 24.1 Å². The van der Waals surface area contributed by atoms with Crippen molar-refractivity contribution < 1.29 is 4.79 Å². The summed E-state index contributed by atoms with van der Waals surface area (Å²) in [5.41, 5.74) is 3.84. The number of nitrogens with one attached hydrogen (secondary N) is 1. The van der Waals surface area contributed by atoms with Crippen LogP contribution >= 0.6 is 0 Å². The van der Waals surface area contributed by atoms with E-state index >= 15 is 0 Å². The van der Waals surface area contributed by atoms with Crippen LogP contribution in [0, 0.1) is 5.92 Å². The molecule has 0 bridgehead atoms. The average molecular weight is 336 g/mol. The van der Waals surface area contributed by atoms with Crippen molar-refractivity contribution in [2.24, 2.45) is 5.92 Å². The summed E-state index contributed by atoms with van der Waals surface area (Å²) in [5, 5.41) is 4.76. The Hall–Kier alpha value is -1.87. The van der Waals surface area contributed by atoms with Crippen molar-refractivity contribution in [3.63, 3.8) is 0 Å². The standard InChI is InChI=1S/C22H28N2O/c1-3-19-15(2)20(6-7-22(19)25)24-13-10-18-14-17(4-5-21(18)24)16-8-11-23-12-9-16/h4-5,10,13-14,16,19-20,23H,2-3,6-9,11-12H2,1H3. The molecule has 3 heteroatoms. The minimum Gasteiger partial charge on any atom is -0.340 e. The zero-order valence-corrected chi connectivity index (χ0v) is 15.1. The third-order valence-corrected chi connectivity index (χ3v) is 6.23. The highest BCUT2D eigenvalue weighted by molar-refractivity contribution is 5.86. The zero-order chi connectivity index (χ0) is 17.4. The lowest BCUT2D eigenvalue weighted by Crippen LogP contribution is -2.28. The molecule has 2 unspecified atom stereocenters. The van der Waals surface area contributed by atoms with Crippen molar-refractivity contribution in [3.8, 4) is 0 Å². The molecule has 3 nitrogen and oxygen atoms in total. The Kier molecular flexibility index (Phi) is 4.51. The first-order chi connectivity index (χ1) is 12.2. The second-order valence-electron chi connectivity index (χ2n) is 7.62. The predicted octanol–water partition coefficient (Wildman–Crippen LogP) is 4.59. The van der Waals surface area contributed by atoms with E-state index in [4.69, 9.17) is 0 Å². The van der Waals surface area contributed by atoms with Crippen LogP contribution < -0.4 is 5.32 Å². The van der Waals surface area contributed by atoms with Crippen LogP contribution in [0.3, 0.4) is 0 Å². The number of ketones is 1. The normalized spacial score (nSPS) is 25.6. The summed E-state index contributed by atoms with van der Waals surface area (Å²) in [7, 11) is 0. The van der Waals surface area contributed by atoms with Crippen LogP contribution in [0.4, 0.5) is 0 Å². The van der Waals surface area contributed by atoms with E-state index in [1.165, 1.54) is 29.3 Å². The fourth-order valence-electron chi connectivity index (χ4n) is 4.75. The number of hydrogen-bond donors (Lipinski definition) is 1. The number of hydrogen-bond acceptors (Lipinski definition) is 2. The van der Waals surface area contributed by atoms with Gasteiger partial charge in [0.1, 0.15) is 5.78 Å². The molecule has 4 rings (SSSR count). The number of allylic oxidation sites excluding steroid dienone is 1. The fourth-order valence-corrected chi connectivity index (χ4v) is 4.75. The van der Waals surface area contributed by atoms with Crippen LogP contribution in [0.2, 0.25) is 0 Å². The van der Waals surface area contributed by atoms with E-state index < -0.39 is 0 Å². The molecule has 0 spiro atoms. The van der Waals surface area contributed by atoms with Crippen molar-refractivity contribution in [3.05, 3.63) is 48.2 Å². The van der Waals surface area contributed by atoms with E-state index in [0.29, 0.717) is 18.1 Å². The van der Waals surface area contributed by atoms with Gasteiger partial charge < -0.3 is 9.88 Å². The molecule has 1 saturated carbocycles. The molecular weight excluding hydrogens is 308 g/mol. The SMILES string of the molecule is C=C1C(CC)C(=O)CCC1n1ccc2cc(C3CCNCC3)ccc21.